The molecule has 2 aromatic rings. The van der Waals surface area contributed by atoms with E-state index < -0.39 is 0 Å². The summed E-state index contributed by atoms with van der Waals surface area (Å²) < 4.78 is 7.29. The number of carbonyl (C=O) groups excluding carboxylic acids is 1. The van der Waals surface area contributed by atoms with Gasteiger partial charge in [-0.15, -0.1) is 0 Å². The molecule has 112 valence electrons. The SMILES string of the molecule is CC(CNCCn1ccnc1)C(=O)OCc1ccccc1. The number of rotatable bonds is 8. The summed E-state index contributed by atoms with van der Waals surface area (Å²) in [6.45, 7) is 4.46. The normalized spacial score (nSPS) is 12.0. The van der Waals surface area contributed by atoms with Crippen molar-refractivity contribution in [3.63, 3.8) is 0 Å². The molecule has 0 aliphatic heterocycles. The highest BCUT2D eigenvalue weighted by molar-refractivity contribution is 5.72. The van der Waals surface area contributed by atoms with Crippen LogP contribution in [-0.4, -0.2) is 28.6 Å². The average molecular weight is 287 g/mol. The fourth-order valence-electron chi connectivity index (χ4n) is 1.90. The number of nitrogens with zero attached hydrogens (tertiary/aromatic N) is 2. The molecule has 1 unspecified atom stereocenters. The minimum atomic E-state index is -0.172. The maximum Gasteiger partial charge on any atom is 0.310 e. The predicted molar refractivity (Wildman–Crippen MR) is 80.5 cm³/mol. The highest BCUT2D eigenvalue weighted by Gasteiger charge is 2.13. The number of esters is 1. The first-order valence-electron chi connectivity index (χ1n) is 7.12. The van der Waals surface area contributed by atoms with Crippen LogP contribution < -0.4 is 5.32 Å². The van der Waals surface area contributed by atoms with Crippen LogP contribution in [0.2, 0.25) is 0 Å². The lowest BCUT2D eigenvalue weighted by Crippen LogP contribution is -2.29. The van der Waals surface area contributed by atoms with Gasteiger partial charge in [-0.05, 0) is 5.56 Å². The fraction of sp³-hybridized carbons (Fsp3) is 0.375. The molecule has 1 aromatic carbocycles. The molecule has 0 aliphatic rings. The van der Waals surface area contributed by atoms with E-state index in [1.54, 1.807) is 12.5 Å². The Labute approximate surface area is 125 Å². The van der Waals surface area contributed by atoms with Gasteiger partial charge in [-0.1, -0.05) is 37.3 Å². The van der Waals surface area contributed by atoms with Gasteiger partial charge < -0.3 is 14.6 Å². The zero-order valence-electron chi connectivity index (χ0n) is 12.2. The van der Waals surface area contributed by atoms with E-state index in [2.05, 4.69) is 10.3 Å². The first kappa shape index (κ1) is 15.3. The van der Waals surface area contributed by atoms with Crippen LogP contribution in [0.4, 0.5) is 0 Å². The second-order valence-electron chi connectivity index (χ2n) is 5.00. The summed E-state index contributed by atoms with van der Waals surface area (Å²) in [6, 6.07) is 9.70. The van der Waals surface area contributed by atoms with E-state index in [1.165, 1.54) is 0 Å². The van der Waals surface area contributed by atoms with Gasteiger partial charge in [0.15, 0.2) is 0 Å². The highest BCUT2D eigenvalue weighted by atomic mass is 16.5. The molecular formula is C16H21N3O2. The van der Waals surface area contributed by atoms with Crippen molar-refractivity contribution in [2.24, 2.45) is 5.92 Å². The smallest absolute Gasteiger partial charge is 0.310 e. The predicted octanol–water partition coefficient (Wildman–Crippen LogP) is 1.85. The summed E-state index contributed by atoms with van der Waals surface area (Å²) in [7, 11) is 0. The highest BCUT2D eigenvalue weighted by Crippen LogP contribution is 2.04. The largest absolute Gasteiger partial charge is 0.461 e. The van der Waals surface area contributed by atoms with Gasteiger partial charge in [0.25, 0.3) is 0 Å². The lowest BCUT2D eigenvalue weighted by molar-refractivity contribution is -0.149. The molecule has 0 fully saturated rings. The Morgan fingerprint density at radius 2 is 2.19 bits per heavy atom. The Morgan fingerprint density at radius 3 is 2.90 bits per heavy atom. The second kappa shape index (κ2) is 8.21. The molecule has 21 heavy (non-hydrogen) atoms. The molecule has 2 rings (SSSR count). The van der Waals surface area contributed by atoms with Crippen molar-refractivity contribution in [2.45, 2.75) is 20.1 Å². The molecule has 0 saturated heterocycles. The fourth-order valence-corrected chi connectivity index (χ4v) is 1.90. The topological polar surface area (TPSA) is 56.2 Å². The van der Waals surface area contributed by atoms with Gasteiger partial charge >= 0.3 is 5.97 Å². The van der Waals surface area contributed by atoms with Gasteiger partial charge in [0.2, 0.25) is 0 Å². The first-order valence-corrected chi connectivity index (χ1v) is 7.12. The van der Waals surface area contributed by atoms with Gasteiger partial charge in [-0.3, -0.25) is 4.79 Å². The Morgan fingerprint density at radius 1 is 1.38 bits per heavy atom. The standard InChI is InChI=1S/C16H21N3O2/c1-14(11-17-7-9-19-10-8-18-13-19)16(20)21-12-15-5-3-2-4-6-15/h2-6,8,10,13-14,17H,7,9,11-12H2,1H3. The molecule has 0 aliphatic carbocycles. The van der Waals surface area contributed by atoms with E-state index in [-0.39, 0.29) is 11.9 Å². The van der Waals surface area contributed by atoms with Gasteiger partial charge in [0.1, 0.15) is 6.61 Å². The maximum absolute atomic E-state index is 11.9. The van der Waals surface area contributed by atoms with Crippen LogP contribution >= 0.6 is 0 Å². The number of aromatic nitrogens is 2. The van der Waals surface area contributed by atoms with E-state index >= 15 is 0 Å². The van der Waals surface area contributed by atoms with Crippen LogP contribution in [0.25, 0.3) is 0 Å². The number of hydrogen-bond donors (Lipinski definition) is 1. The van der Waals surface area contributed by atoms with Crippen molar-refractivity contribution in [1.29, 1.82) is 0 Å². The molecule has 0 amide bonds. The average Bonchev–Trinajstić information content (AvgIpc) is 3.03. The molecule has 0 bridgehead atoms. The third-order valence-corrected chi connectivity index (χ3v) is 3.18. The van der Waals surface area contributed by atoms with Crippen molar-refractivity contribution in [2.75, 3.05) is 13.1 Å². The Balaban J connectivity index is 1.61. The molecule has 1 heterocycles. The third kappa shape index (κ3) is 5.39. The molecule has 0 saturated carbocycles. The number of imidazole rings is 1. The summed E-state index contributed by atoms with van der Waals surface area (Å²) >= 11 is 0. The van der Waals surface area contributed by atoms with Crippen LogP contribution in [0.5, 0.6) is 0 Å². The van der Waals surface area contributed by atoms with Crippen LogP contribution in [0, 0.1) is 5.92 Å². The molecule has 5 heteroatoms. The number of ether oxygens (including phenoxy) is 1. The summed E-state index contributed by atoms with van der Waals surface area (Å²) in [4.78, 5) is 15.8. The minimum Gasteiger partial charge on any atom is -0.461 e. The maximum atomic E-state index is 11.9. The van der Waals surface area contributed by atoms with Crippen LogP contribution in [0.15, 0.2) is 49.1 Å². The van der Waals surface area contributed by atoms with Crippen molar-refractivity contribution in [1.82, 2.24) is 14.9 Å². The Kier molecular flexibility index (Phi) is 5.97. The van der Waals surface area contributed by atoms with E-state index in [1.807, 2.05) is 48.0 Å². The number of benzene rings is 1. The van der Waals surface area contributed by atoms with Gasteiger partial charge in [0.05, 0.1) is 12.2 Å². The summed E-state index contributed by atoms with van der Waals surface area (Å²) in [5, 5.41) is 3.25. The minimum absolute atomic E-state index is 0.156. The quantitative estimate of drug-likeness (QED) is 0.595. The molecule has 0 radical (unpaired) electrons. The van der Waals surface area contributed by atoms with E-state index in [0.29, 0.717) is 13.2 Å². The van der Waals surface area contributed by atoms with Crippen molar-refractivity contribution in [3.05, 3.63) is 54.6 Å². The van der Waals surface area contributed by atoms with Gasteiger partial charge in [-0.2, -0.15) is 0 Å². The summed E-state index contributed by atoms with van der Waals surface area (Å²) in [5.74, 6) is -0.328. The summed E-state index contributed by atoms with van der Waals surface area (Å²) in [5.41, 5.74) is 1.01. The molecule has 1 N–H and O–H groups in total. The third-order valence-electron chi connectivity index (χ3n) is 3.18. The molecule has 0 spiro atoms. The van der Waals surface area contributed by atoms with Crippen molar-refractivity contribution >= 4 is 5.97 Å². The number of nitrogens with one attached hydrogen (secondary N) is 1. The van der Waals surface area contributed by atoms with Gasteiger partial charge in [-0.25, -0.2) is 4.98 Å². The van der Waals surface area contributed by atoms with Crippen molar-refractivity contribution in [3.8, 4) is 0 Å². The Bertz CT molecular complexity index is 526. The van der Waals surface area contributed by atoms with Crippen LogP contribution in [0.1, 0.15) is 12.5 Å². The zero-order chi connectivity index (χ0) is 14.9. The number of hydrogen-bond acceptors (Lipinski definition) is 4. The number of carbonyl (C=O) groups is 1. The summed E-state index contributed by atoms with van der Waals surface area (Å²) in [6.07, 6.45) is 5.45. The van der Waals surface area contributed by atoms with E-state index in [4.69, 9.17) is 4.74 Å². The van der Waals surface area contributed by atoms with Crippen molar-refractivity contribution < 1.29 is 9.53 Å². The van der Waals surface area contributed by atoms with E-state index in [9.17, 15) is 4.79 Å². The van der Waals surface area contributed by atoms with E-state index in [0.717, 1.165) is 18.7 Å². The molecule has 5 nitrogen and oxygen atoms in total. The lowest BCUT2D eigenvalue weighted by Gasteiger charge is -2.12. The second-order valence-corrected chi connectivity index (χ2v) is 5.00. The lowest BCUT2D eigenvalue weighted by atomic mass is 10.2. The Hall–Kier alpha value is -2.14. The first-order chi connectivity index (χ1) is 10.3. The monoisotopic (exact) mass is 287 g/mol. The molecule has 1 atom stereocenters. The van der Waals surface area contributed by atoms with Crippen LogP contribution in [0.3, 0.4) is 0 Å². The van der Waals surface area contributed by atoms with Crippen LogP contribution in [-0.2, 0) is 22.7 Å². The zero-order valence-corrected chi connectivity index (χ0v) is 12.2. The molecular weight excluding hydrogens is 266 g/mol. The molecule has 1 aromatic heterocycles. The van der Waals surface area contributed by atoms with Gasteiger partial charge in [0, 0.05) is 32.0 Å².